The fraction of sp³-hybridized carbons (Fsp3) is 0.562. The summed E-state index contributed by atoms with van der Waals surface area (Å²) >= 11 is 1.66. The van der Waals surface area contributed by atoms with Crippen LogP contribution in [0.15, 0.2) is 29.2 Å². The van der Waals surface area contributed by atoms with Crippen LogP contribution in [-0.4, -0.2) is 36.7 Å². The predicted octanol–water partition coefficient (Wildman–Crippen LogP) is 3.61. The second-order valence-electron chi connectivity index (χ2n) is 5.29. The van der Waals surface area contributed by atoms with E-state index in [0.29, 0.717) is 6.54 Å². The Labute approximate surface area is 126 Å². The van der Waals surface area contributed by atoms with Gasteiger partial charge in [0.15, 0.2) is 0 Å². The SMILES string of the molecule is CSc1ccccc1NC(=O)CN1CCCCCCC1. The molecule has 1 saturated heterocycles. The molecule has 1 amide bonds. The number of nitrogens with one attached hydrogen (secondary N) is 1. The summed E-state index contributed by atoms with van der Waals surface area (Å²) in [6.45, 7) is 2.62. The van der Waals surface area contributed by atoms with E-state index in [9.17, 15) is 4.79 Å². The number of hydrogen-bond donors (Lipinski definition) is 1. The van der Waals surface area contributed by atoms with Crippen molar-refractivity contribution in [3.63, 3.8) is 0 Å². The number of hydrogen-bond acceptors (Lipinski definition) is 3. The first-order valence-electron chi connectivity index (χ1n) is 7.45. The van der Waals surface area contributed by atoms with E-state index >= 15 is 0 Å². The number of benzene rings is 1. The van der Waals surface area contributed by atoms with Gasteiger partial charge in [0, 0.05) is 4.90 Å². The molecule has 20 heavy (non-hydrogen) atoms. The molecule has 3 nitrogen and oxygen atoms in total. The molecule has 1 aromatic rings. The highest BCUT2D eigenvalue weighted by molar-refractivity contribution is 7.98. The van der Waals surface area contributed by atoms with Gasteiger partial charge in [-0.1, -0.05) is 31.4 Å². The third-order valence-corrected chi connectivity index (χ3v) is 4.49. The Kier molecular flexibility index (Phi) is 6.40. The molecule has 2 rings (SSSR count). The molecule has 110 valence electrons. The molecule has 0 radical (unpaired) electrons. The molecule has 0 saturated carbocycles. The Hall–Kier alpha value is -1.00. The van der Waals surface area contributed by atoms with Crippen LogP contribution in [0, 0.1) is 0 Å². The van der Waals surface area contributed by atoms with Crippen LogP contribution < -0.4 is 5.32 Å². The Balaban J connectivity index is 1.87. The molecule has 1 aromatic carbocycles. The summed E-state index contributed by atoms with van der Waals surface area (Å²) in [5.41, 5.74) is 0.928. The number of likely N-dealkylation sites (tertiary alicyclic amines) is 1. The summed E-state index contributed by atoms with van der Waals surface area (Å²) in [6, 6.07) is 7.97. The number of rotatable bonds is 4. The van der Waals surface area contributed by atoms with Gasteiger partial charge in [-0.15, -0.1) is 11.8 Å². The zero-order valence-electron chi connectivity index (χ0n) is 12.2. The van der Waals surface area contributed by atoms with Crippen molar-refractivity contribution in [3.8, 4) is 0 Å². The first kappa shape index (κ1) is 15.4. The van der Waals surface area contributed by atoms with Crippen molar-refractivity contribution >= 4 is 23.4 Å². The molecule has 0 aliphatic carbocycles. The molecule has 4 heteroatoms. The van der Waals surface area contributed by atoms with Gasteiger partial charge in [0.25, 0.3) is 0 Å². The molecule has 1 heterocycles. The average molecular weight is 292 g/mol. The van der Waals surface area contributed by atoms with Gasteiger partial charge >= 0.3 is 0 Å². The highest BCUT2D eigenvalue weighted by Gasteiger charge is 2.13. The lowest BCUT2D eigenvalue weighted by atomic mass is 10.1. The molecule has 0 unspecified atom stereocenters. The van der Waals surface area contributed by atoms with Crippen LogP contribution in [0.1, 0.15) is 32.1 Å². The van der Waals surface area contributed by atoms with Crippen molar-refractivity contribution in [1.29, 1.82) is 0 Å². The number of anilines is 1. The summed E-state index contributed by atoms with van der Waals surface area (Å²) in [6.07, 6.45) is 8.41. The molecule has 0 aromatic heterocycles. The van der Waals surface area contributed by atoms with Crippen LogP contribution in [0.3, 0.4) is 0 Å². The number of amides is 1. The summed E-state index contributed by atoms with van der Waals surface area (Å²) in [7, 11) is 0. The van der Waals surface area contributed by atoms with Gasteiger partial charge in [-0.2, -0.15) is 0 Å². The lowest BCUT2D eigenvalue weighted by molar-refractivity contribution is -0.117. The highest BCUT2D eigenvalue weighted by Crippen LogP contribution is 2.24. The number of para-hydroxylation sites is 1. The van der Waals surface area contributed by atoms with E-state index in [1.165, 1.54) is 32.1 Å². The van der Waals surface area contributed by atoms with E-state index in [1.54, 1.807) is 11.8 Å². The van der Waals surface area contributed by atoms with Gasteiger partial charge in [-0.05, 0) is 44.3 Å². The number of carbonyl (C=O) groups is 1. The fourth-order valence-corrected chi connectivity index (χ4v) is 3.17. The molecule has 0 spiro atoms. The lowest BCUT2D eigenvalue weighted by Gasteiger charge is -2.24. The van der Waals surface area contributed by atoms with E-state index in [0.717, 1.165) is 23.7 Å². The minimum atomic E-state index is 0.104. The number of nitrogens with zero attached hydrogens (tertiary/aromatic N) is 1. The van der Waals surface area contributed by atoms with Gasteiger partial charge in [0.05, 0.1) is 12.2 Å². The van der Waals surface area contributed by atoms with E-state index in [2.05, 4.69) is 10.2 Å². The maximum absolute atomic E-state index is 12.2. The largest absolute Gasteiger partial charge is 0.324 e. The predicted molar refractivity (Wildman–Crippen MR) is 86.4 cm³/mol. The molecular weight excluding hydrogens is 268 g/mol. The molecule has 1 N–H and O–H groups in total. The van der Waals surface area contributed by atoms with Gasteiger partial charge in [-0.25, -0.2) is 0 Å². The lowest BCUT2D eigenvalue weighted by Crippen LogP contribution is -2.35. The summed E-state index contributed by atoms with van der Waals surface area (Å²) in [5, 5.41) is 3.04. The van der Waals surface area contributed by atoms with Crippen LogP contribution in [0.5, 0.6) is 0 Å². The zero-order chi connectivity index (χ0) is 14.2. The van der Waals surface area contributed by atoms with Crippen molar-refractivity contribution in [2.24, 2.45) is 0 Å². The monoisotopic (exact) mass is 292 g/mol. The molecule has 1 aliphatic heterocycles. The van der Waals surface area contributed by atoms with Crippen LogP contribution >= 0.6 is 11.8 Å². The summed E-state index contributed by atoms with van der Waals surface area (Å²) < 4.78 is 0. The minimum Gasteiger partial charge on any atom is -0.324 e. The summed E-state index contributed by atoms with van der Waals surface area (Å²) in [5.74, 6) is 0.104. The second kappa shape index (κ2) is 8.32. The Morgan fingerprint density at radius 1 is 1.15 bits per heavy atom. The smallest absolute Gasteiger partial charge is 0.238 e. The van der Waals surface area contributed by atoms with E-state index in [-0.39, 0.29) is 5.91 Å². The Morgan fingerprint density at radius 3 is 2.50 bits per heavy atom. The Bertz CT molecular complexity index is 428. The van der Waals surface area contributed by atoms with Crippen molar-refractivity contribution < 1.29 is 4.79 Å². The van der Waals surface area contributed by atoms with Gasteiger partial charge in [0.2, 0.25) is 5.91 Å². The van der Waals surface area contributed by atoms with Crippen LogP contribution in [0.2, 0.25) is 0 Å². The van der Waals surface area contributed by atoms with Crippen molar-refractivity contribution in [2.45, 2.75) is 37.0 Å². The third-order valence-electron chi connectivity index (χ3n) is 3.70. The van der Waals surface area contributed by atoms with Gasteiger partial charge in [0.1, 0.15) is 0 Å². The third kappa shape index (κ3) is 4.84. The van der Waals surface area contributed by atoms with Crippen LogP contribution in [0.4, 0.5) is 5.69 Å². The van der Waals surface area contributed by atoms with Crippen molar-refractivity contribution in [3.05, 3.63) is 24.3 Å². The maximum Gasteiger partial charge on any atom is 0.238 e. The number of carbonyl (C=O) groups excluding carboxylic acids is 1. The van der Waals surface area contributed by atoms with Gasteiger partial charge in [-0.3, -0.25) is 9.69 Å². The standard InChI is InChI=1S/C16H24N2OS/c1-20-15-10-6-5-9-14(15)17-16(19)13-18-11-7-3-2-4-8-12-18/h5-6,9-10H,2-4,7-8,11-13H2,1H3,(H,17,19). The second-order valence-corrected chi connectivity index (χ2v) is 6.14. The molecule has 0 atom stereocenters. The normalized spacial score (nSPS) is 17.2. The number of thioether (sulfide) groups is 1. The Morgan fingerprint density at radius 2 is 1.80 bits per heavy atom. The topological polar surface area (TPSA) is 32.3 Å². The van der Waals surface area contributed by atoms with Crippen molar-refractivity contribution in [2.75, 3.05) is 31.2 Å². The van der Waals surface area contributed by atoms with E-state index in [1.807, 2.05) is 30.5 Å². The van der Waals surface area contributed by atoms with Crippen LogP contribution in [-0.2, 0) is 4.79 Å². The average Bonchev–Trinajstić information content (AvgIpc) is 2.42. The summed E-state index contributed by atoms with van der Waals surface area (Å²) in [4.78, 5) is 15.6. The first-order chi connectivity index (χ1) is 9.79. The molecule has 1 aliphatic rings. The molecule has 1 fully saturated rings. The fourth-order valence-electron chi connectivity index (χ4n) is 2.61. The van der Waals surface area contributed by atoms with Crippen LogP contribution in [0.25, 0.3) is 0 Å². The van der Waals surface area contributed by atoms with Gasteiger partial charge < -0.3 is 5.32 Å². The van der Waals surface area contributed by atoms with E-state index in [4.69, 9.17) is 0 Å². The molecular formula is C16H24N2OS. The quantitative estimate of drug-likeness (QED) is 0.860. The molecule has 0 bridgehead atoms. The maximum atomic E-state index is 12.2. The van der Waals surface area contributed by atoms with E-state index < -0.39 is 0 Å². The van der Waals surface area contributed by atoms with Crippen molar-refractivity contribution in [1.82, 2.24) is 4.90 Å². The first-order valence-corrected chi connectivity index (χ1v) is 8.67. The minimum absolute atomic E-state index is 0.104. The highest BCUT2D eigenvalue weighted by atomic mass is 32.2. The zero-order valence-corrected chi connectivity index (χ0v) is 13.0.